The molecule has 1 aromatic rings. The quantitative estimate of drug-likeness (QED) is 0.803. The fourth-order valence-corrected chi connectivity index (χ4v) is 2.76. The third-order valence-electron chi connectivity index (χ3n) is 3.75. The molecule has 1 atom stereocenters. The molecule has 1 N–H and O–H groups in total. The van der Waals surface area contributed by atoms with Crippen LogP contribution >= 0.6 is 0 Å². The number of para-hydroxylation sites is 1. The predicted molar refractivity (Wildman–Crippen MR) is 82.7 cm³/mol. The zero-order valence-corrected chi connectivity index (χ0v) is 12.3. The smallest absolute Gasteiger partial charge is 0.148 e. The van der Waals surface area contributed by atoms with Crippen LogP contribution in [0.3, 0.4) is 0 Å². The number of terminal acetylenes is 1. The molecule has 108 valence electrons. The normalized spacial score (nSPS) is 19.5. The summed E-state index contributed by atoms with van der Waals surface area (Å²) in [5.74, 6) is 4.15. The van der Waals surface area contributed by atoms with Crippen molar-refractivity contribution in [2.45, 2.75) is 19.4 Å². The van der Waals surface area contributed by atoms with Crippen molar-refractivity contribution in [2.24, 2.45) is 5.92 Å². The minimum atomic E-state index is 0.324. The molecule has 0 amide bonds. The van der Waals surface area contributed by atoms with Crippen molar-refractivity contribution in [3.05, 3.63) is 29.8 Å². The zero-order chi connectivity index (χ0) is 14.2. The van der Waals surface area contributed by atoms with Crippen LogP contribution in [0.15, 0.2) is 24.3 Å². The minimum Gasteiger partial charge on any atom is -0.481 e. The maximum atomic E-state index is 5.56. The second-order valence-corrected chi connectivity index (χ2v) is 5.50. The molecule has 3 nitrogen and oxygen atoms in total. The fourth-order valence-electron chi connectivity index (χ4n) is 2.76. The largest absolute Gasteiger partial charge is 0.481 e. The lowest BCUT2D eigenvalue weighted by atomic mass is 9.98. The Morgan fingerprint density at radius 2 is 2.30 bits per heavy atom. The van der Waals surface area contributed by atoms with E-state index in [0.29, 0.717) is 6.61 Å². The highest BCUT2D eigenvalue weighted by Gasteiger charge is 2.16. The number of piperidine rings is 1. The minimum absolute atomic E-state index is 0.324. The molecule has 0 aliphatic carbocycles. The monoisotopic (exact) mass is 272 g/mol. The molecule has 20 heavy (non-hydrogen) atoms. The number of nitrogens with zero attached hydrogens (tertiary/aromatic N) is 1. The molecule has 1 fully saturated rings. The number of hydrogen-bond acceptors (Lipinski definition) is 3. The van der Waals surface area contributed by atoms with Crippen LogP contribution in [-0.2, 0) is 6.54 Å². The highest BCUT2D eigenvalue weighted by atomic mass is 16.5. The molecule has 0 radical (unpaired) electrons. The van der Waals surface area contributed by atoms with Crippen LogP contribution < -0.4 is 10.1 Å². The van der Waals surface area contributed by atoms with Crippen LogP contribution in [0.1, 0.15) is 18.4 Å². The van der Waals surface area contributed by atoms with E-state index >= 15 is 0 Å². The molecule has 1 aliphatic heterocycles. The molecular formula is C17H24N2O. The second-order valence-electron chi connectivity index (χ2n) is 5.50. The molecule has 0 aromatic heterocycles. The van der Waals surface area contributed by atoms with Crippen molar-refractivity contribution in [1.29, 1.82) is 0 Å². The maximum absolute atomic E-state index is 5.56. The van der Waals surface area contributed by atoms with Crippen LogP contribution in [0.4, 0.5) is 0 Å². The summed E-state index contributed by atoms with van der Waals surface area (Å²) in [6.45, 7) is 4.65. The zero-order valence-electron chi connectivity index (χ0n) is 12.3. The Morgan fingerprint density at radius 1 is 1.45 bits per heavy atom. The standard InChI is InChI=1S/C17H24N2O/c1-3-11-20-17-9-5-4-8-16(17)13-18-12-15-7-6-10-19(2)14-15/h1,4-5,8-9,15,18H,6-7,10-14H2,2H3. The van der Waals surface area contributed by atoms with Gasteiger partial charge in [0.15, 0.2) is 0 Å². The topological polar surface area (TPSA) is 24.5 Å². The van der Waals surface area contributed by atoms with E-state index in [1.165, 1.54) is 31.5 Å². The Balaban J connectivity index is 1.80. The molecule has 2 rings (SSSR count). The first-order valence-corrected chi connectivity index (χ1v) is 7.33. The summed E-state index contributed by atoms with van der Waals surface area (Å²) in [5, 5.41) is 3.55. The molecule has 1 aliphatic rings. The van der Waals surface area contributed by atoms with Crippen LogP contribution in [0.5, 0.6) is 5.75 Å². The molecule has 1 heterocycles. The summed E-state index contributed by atoms with van der Waals surface area (Å²) < 4.78 is 5.56. The lowest BCUT2D eigenvalue weighted by Crippen LogP contribution is -2.37. The van der Waals surface area contributed by atoms with Gasteiger partial charge in [-0.05, 0) is 45.0 Å². The number of benzene rings is 1. The number of ether oxygens (including phenoxy) is 1. The highest BCUT2D eigenvalue weighted by Crippen LogP contribution is 2.18. The summed E-state index contributed by atoms with van der Waals surface area (Å²) in [7, 11) is 2.20. The highest BCUT2D eigenvalue weighted by molar-refractivity contribution is 5.33. The van der Waals surface area contributed by atoms with Crippen molar-refractivity contribution in [3.63, 3.8) is 0 Å². The number of nitrogens with one attached hydrogen (secondary N) is 1. The summed E-state index contributed by atoms with van der Waals surface area (Å²) in [4.78, 5) is 2.42. The first kappa shape index (κ1) is 14.9. The Hall–Kier alpha value is -1.50. The molecule has 3 heteroatoms. The summed E-state index contributed by atoms with van der Waals surface area (Å²) in [6, 6.07) is 8.08. The Labute approximate surface area is 122 Å². The van der Waals surface area contributed by atoms with E-state index in [0.717, 1.165) is 24.8 Å². The molecule has 0 bridgehead atoms. The SMILES string of the molecule is C#CCOc1ccccc1CNCC1CCCN(C)C1. The Bertz CT molecular complexity index is 453. The fraction of sp³-hybridized carbons (Fsp3) is 0.529. The summed E-state index contributed by atoms with van der Waals surface area (Å²) >= 11 is 0. The first-order chi connectivity index (χ1) is 9.79. The third-order valence-corrected chi connectivity index (χ3v) is 3.75. The van der Waals surface area contributed by atoms with Gasteiger partial charge in [0.2, 0.25) is 0 Å². The predicted octanol–water partition coefficient (Wildman–Crippen LogP) is 2.13. The van der Waals surface area contributed by atoms with E-state index < -0.39 is 0 Å². The van der Waals surface area contributed by atoms with Gasteiger partial charge in [-0.2, -0.15) is 0 Å². The van der Waals surface area contributed by atoms with E-state index in [2.05, 4.69) is 29.3 Å². The van der Waals surface area contributed by atoms with Crippen LogP contribution in [0, 0.1) is 18.3 Å². The van der Waals surface area contributed by atoms with Gasteiger partial charge in [0.05, 0.1) is 0 Å². The van der Waals surface area contributed by atoms with E-state index in [1.54, 1.807) is 0 Å². The van der Waals surface area contributed by atoms with E-state index in [9.17, 15) is 0 Å². The first-order valence-electron chi connectivity index (χ1n) is 7.33. The second kappa shape index (κ2) is 7.94. The van der Waals surface area contributed by atoms with Crippen molar-refractivity contribution in [3.8, 4) is 18.1 Å². The van der Waals surface area contributed by atoms with Gasteiger partial charge in [0, 0.05) is 18.7 Å². The molecule has 1 saturated heterocycles. The number of likely N-dealkylation sites (tertiary alicyclic amines) is 1. The van der Waals surface area contributed by atoms with Crippen LogP contribution in [0.25, 0.3) is 0 Å². The van der Waals surface area contributed by atoms with Crippen molar-refractivity contribution in [1.82, 2.24) is 10.2 Å². The molecule has 1 aromatic carbocycles. The molecule has 0 saturated carbocycles. The average Bonchev–Trinajstić information content (AvgIpc) is 2.46. The lowest BCUT2D eigenvalue weighted by molar-refractivity contribution is 0.206. The Morgan fingerprint density at radius 3 is 3.10 bits per heavy atom. The Kier molecular flexibility index (Phi) is 5.91. The van der Waals surface area contributed by atoms with Gasteiger partial charge >= 0.3 is 0 Å². The average molecular weight is 272 g/mol. The lowest BCUT2D eigenvalue weighted by Gasteiger charge is -2.29. The third kappa shape index (κ3) is 4.56. The molecular weight excluding hydrogens is 248 g/mol. The van der Waals surface area contributed by atoms with Gasteiger partial charge in [0.25, 0.3) is 0 Å². The van der Waals surface area contributed by atoms with Crippen LogP contribution in [0.2, 0.25) is 0 Å². The van der Waals surface area contributed by atoms with E-state index in [4.69, 9.17) is 11.2 Å². The maximum Gasteiger partial charge on any atom is 0.148 e. The van der Waals surface area contributed by atoms with Gasteiger partial charge in [0.1, 0.15) is 12.4 Å². The van der Waals surface area contributed by atoms with E-state index in [1.807, 2.05) is 18.2 Å². The number of rotatable bonds is 6. The van der Waals surface area contributed by atoms with Gasteiger partial charge in [-0.1, -0.05) is 24.1 Å². The van der Waals surface area contributed by atoms with Gasteiger partial charge in [-0.15, -0.1) is 6.42 Å². The van der Waals surface area contributed by atoms with Crippen molar-refractivity contribution in [2.75, 3.05) is 33.3 Å². The van der Waals surface area contributed by atoms with Gasteiger partial charge < -0.3 is 15.0 Å². The van der Waals surface area contributed by atoms with Gasteiger partial charge in [-0.25, -0.2) is 0 Å². The van der Waals surface area contributed by atoms with Crippen molar-refractivity contribution < 1.29 is 4.74 Å². The van der Waals surface area contributed by atoms with Gasteiger partial charge in [-0.3, -0.25) is 0 Å². The summed E-state index contributed by atoms with van der Waals surface area (Å²) in [6.07, 6.45) is 7.88. The molecule has 0 spiro atoms. The number of hydrogen-bond donors (Lipinski definition) is 1. The molecule has 1 unspecified atom stereocenters. The van der Waals surface area contributed by atoms with Crippen molar-refractivity contribution >= 4 is 0 Å². The van der Waals surface area contributed by atoms with E-state index in [-0.39, 0.29) is 0 Å². The summed E-state index contributed by atoms with van der Waals surface area (Å²) in [5.41, 5.74) is 1.17. The van der Waals surface area contributed by atoms with Crippen LogP contribution in [-0.4, -0.2) is 38.2 Å².